The van der Waals surface area contributed by atoms with Crippen molar-refractivity contribution in [2.24, 2.45) is 11.5 Å². The van der Waals surface area contributed by atoms with Crippen LogP contribution in [0.1, 0.15) is 41.5 Å². The van der Waals surface area contributed by atoms with Crippen LogP contribution < -0.4 is 11.5 Å². The predicted molar refractivity (Wildman–Crippen MR) is 81.6 cm³/mol. The molecule has 0 unspecified atom stereocenters. The maximum absolute atomic E-state index is 10.5. The van der Waals surface area contributed by atoms with E-state index in [1.807, 2.05) is 13.8 Å². The van der Waals surface area contributed by atoms with Gasteiger partial charge in [0.1, 0.15) is 5.60 Å². The first-order valence-electron chi connectivity index (χ1n) is 7.04. The minimum Gasteiger partial charge on any atom is -0.394 e. The second-order valence-corrected chi connectivity index (χ2v) is 5.86. The molecular formula is C14H34N2O4. The molecule has 20 heavy (non-hydrogen) atoms. The second kappa shape index (κ2) is 9.65. The molecule has 0 aliphatic rings. The van der Waals surface area contributed by atoms with Crippen LogP contribution in [0.25, 0.3) is 0 Å². The molecule has 0 atom stereocenters. The van der Waals surface area contributed by atoms with Crippen LogP contribution in [0.4, 0.5) is 0 Å². The fourth-order valence-electron chi connectivity index (χ4n) is 1.69. The highest BCUT2D eigenvalue weighted by Gasteiger charge is 2.50. The van der Waals surface area contributed by atoms with Gasteiger partial charge in [0.05, 0.1) is 19.8 Å². The molecule has 0 fully saturated rings. The van der Waals surface area contributed by atoms with Crippen molar-refractivity contribution in [2.75, 3.05) is 33.0 Å². The lowest BCUT2D eigenvalue weighted by molar-refractivity contribution is -0.128. The van der Waals surface area contributed by atoms with E-state index in [1.54, 1.807) is 27.7 Å². The number of ether oxygens (including phenoxy) is 2. The first kappa shape index (κ1) is 22.0. The average molecular weight is 294 g/mol. The Hall–Kier alpha value is -0.240. The third-order valence-corrected chi connectivity index (χ3v) is 3.09. The van der Waals surface area contributed by atoms with E-state index in [2.05, 4.69) is 0 Å². The molecule has 0 aliphatic heterocycles. The zero-order valence-electron chi connectivity index (χ0n) is 13.9. The van der Waals surface area contributed by atoms with Crippen LogP contribution in [0.15, 0.2) is 0 Å². The Labute approximate surface area is 123 Å². The van der Waals surface area contributed by atoms with E-state index in [4.69, 9.17) is 26.0 Å². The molecule has 0 aromatic heterocycles. The largest absolute Gasteiger partial charge is 0.394 e. The minimum absolute atomic E-state index is 0.000556. The molecule has 0 amide bonds. The Morgan fingerprint density at radius 3 is 1.50 bits per heavy atom. The molecule has 0 saturated heterocycles. The summed E-state index contributed by atoms with van der Waals surface area (Å²) in [5.41, 5.74) is 8.69. The molecule has 0 heterocycles. The van der Waals surface area contributed by atoms with E-state index in [0.717, 1.165) is 13.2 Å². The summed E-state index contributed by atoms with van der Waals surface area (Å²) in [4.78, 5) is 0. The zero-order chi connectivity index (χ0) is 16.4. The van der Waals surface area contributed by atoms with Gasteiger partial charge in [-0.25, -0.2) is 0 Å². The number of aliphatic hydroxyl groups is 2. The summed E-state index contributed by atoms with van der Waals surface area (Å²) in [6.45, 7) is 12.5. The molecule has 0 bridgehead atoms. The molecule has 0 spiro atoms. The van der Waals surface area contributed by atoms with Gasteiger partial charge >= 0.3 is 0 Å². The molecule has 0 radical (unpaired) electrons. The van der Waals surface area contributed by atoms with Crippen molar-refractivity contribution in [2.45, 2.75) is 58.2 Å². The summed E-state index contributed by atoms with van der Waals surface area (Å²) in [6.07, 6.45) is 0. The zero-order valence-corrected chi connectivity index (χ0v) is 13.9. The lowest BCUT2D eigenvalue weighted by atomic mass is 9.71. The first-order chi connectivity index (χ1) is 8.97. The summed E-state index contributed by atoms with van der Waals surface area (Å²) >= 11 is 0. The van der Waals surface area contributed by atoms with Crippen LogP contribution in [0, 0.1) is 0 Å². The maximum atomic E-state index is 10.5. The summed E-state index contributed by atoms with van der Waals surface area (Å²) in [6, 6.07) is 0. The van der Waals surface area contributed by atoms with Crippen molar-refractivity contribution in [3.05, 3.63) is 0 Å². The van der Waals surface area contributed by atoms with Crippen LogP contribution in [-0.2, 0) is 9.47 Å². The molecule has 6 heteroatoms. The van der Waals surface area contributed by atoms with Gasteiger partial charge in [-0.15, -0.1) is 0 Å². The van der Waals surface area contributed by atoms with Crippen molar-refractivity contribution < 1.29 is 19.7 Å². The Kier molecular flexibility index (Phi) is 10.6. The van der Waals surface area contributed by atoms with Gasteiger partial charge in [-0.3, -0.25) is 0 Å². The number of aliphatic hydroxyl groups excluding tert-OH is 1. The lowest BCUT2D eigenvalue weighted by Crippen LogP contribution is -2.72. The van der Waals surface area contributed by atoms with Crippen molar-refractivity contribution in [3.8, 4) is 0 Å². The van der Waals surface area contributed by atoms with Crippen LogP contribution in [-0.4, -0.2) is 59.9 Å². The highest BCUT2D eigenvalue weighted by atomic mass is 16.5. The van der Waals surface area contributed by atoms with Crippen molar-refractivity contribution in [1.29, 1.82) is 0 Å². The molecule has 124 valence electrons. The standard InChI is InChI=1S/C10H24N2O3.C4H10O/c1-8(2,11)10(14,9(3,4)12)7-15-6-5-13;1-3-5-4-2/h13-14H,5-7,11-12H2,1-4H3;3-4H2,1-2H3. The topological polar surface area (TPSA) is 111 Å². The molecule has 6 nitrogen and oxygen atoms in total. The summed E-state index contributed by atoms with van der Waals surface area (Å²) in [5.74, 6) is 0. The van der Waals surface area contributed by atoms with Crippen molar-refractivity contribution in [1.82, 2.24) is 0 Å². The summed E-state index contributed by atoms with van der Waals surface area (Å²) < 4.78 is 9.97. The van der Waals surface area contributed by atoms with E-state index in [-0.39, 0.29) is 19.8 Å². The quantitative estimate of drug-likeness (QED) is 0.477. The van der Waals surface area contributed by atoms with Gasteiger partial charge in [-0.1, -0.05) is 0 Å². The molecule has 6 N–H and O–H groups in total. The highest BCUT2D eigenvalue weighted by Crippen LogP contribution is 2.29. The van der Waals surface area contributed by atoms with Gasteiger partial charge in [0.25, 0.3) is 0 Å². The number of hydrogen-bond acceptors (Lipinski definition) is 6. The van der Waals surface area contributed by atoms with E-state index in [0.29, 0.717) is 0 Å². The van der Waals surface area contributed by atoms with Gasteiger partial charge in [-0.2, -0.15) is 0 Å². The van der Waals surface area contributed by atoms with Crippen LogP contribution in [0.3, 0.4) is 0 Å². The van der Waals surface area contributed by atoms with E-state index in [9.17, 15) is 5.11 Å². The third kappa shape index (κ3) is 7.52. The smallest absolute Gasteiger partial charge is 0.122 e. The van der Waals surface area contributed by atoms with Crippen LogP contribution >= 0.6 is 0 Å². The van der Waals surface area contributed by atoms with E-state index in [1.165, 1.54) is 0 Å². The van der Waals surface area contributed by atoms with Gasteiger partial charge in [0.2, 0.25) is 0 Å². The summed E-state index contributed by atoms with van der Waals surface area (Å²) in [5, 5.41) is 19.1. The molecule has 0 aromatic carbocycles. The molecule has 0 aliphatic carbocycles. The number of nitrogens with two attached hydrogens (primary N) is 2. The van der Waals surface area contributed by atoms with Gasteiger partial charge < -0.3 is 31.2 Å². The van der Waals surface area contributed by atoms with Crippen LogP contribution in [0.5, 0.6) is 0 Å². The highest BCUT2D eigenvalue weighted by molar-refractivity contribution is 5.09. The van der Waals surface area contributed by atoms with Crippen molar-refractivity contribution >= 4 is 0 Å². The fraction of sp³-hybridized carbons (Fsp3) is 1.00. The molecule has 0 aromatic rings. The van der Waals surface area contributed by atoms with Crippen LogP contribution in [0.2, 0.25) is 0 Å². The summed E-state index contributed by atoms with van der Waals surface area (Å²) in [7, 11) is 0. The normalized spacial score (nSPS) is 12.9. The van der Waals surface area contributed by atoms with Gasteiger partial charge in [-0.05, 0) is 41.5 Å². The second-order valence-electron chi connectivity index (χ2n) is 5.86. The van der Waals surface area contributed by atoms with E-state index >= 15 is 0 Å². The van der Waals surface area contributed by atoms with Gasteiger partial charge in [0.15, 0.2) is 0 Å². The first-order valence-corrected chi connectivity index (χ1v) is 7.04. The average Bonchev–Trinajstić information content (AvgIpc) is 2.28. The Morgan fingerprint density at radius 2 is 1.30 bits per heavy atom. The van der Waals surface area contributed by atoms with Crippen molar-refractivity contribution in [3.63, 3.8) is 0 Å². The lowest BCUT2D eigenvalue weighted by Gasteiger charge is -2.48. The minimum atomic E-state index is -1.35. The Balaban J connectivity index is 0. The third-order valence-electron chi connectivity index (χ3n) is 3.09. The Morgan fingerprint density at radius 1 is 0.900 bits per heavy atom. The monoisotopic (exact) mass is 294 g/mol. The molecular weight excluding hydrogens is 260 g/mol. The molecule has 0 saturated carbocycles. The Bertz CT molecular complexity index is 218. The predicted octanol–water partition coefficient (Wildman–Crippen LogP) is 0.244. The maximum Gasteiger partial charge on any atom is 0.122 e. The van der Waals surface area contributed by atoms with E-state index < -0.39 is 16.7 Å². The SMILES string of the molecule is CC(C)(N)C(O)(COCCO)C(C)(C)N.CCOCC. The van der Waals surface area contributed by atoms with Gasteiger partial charge in [0, 0.05) is 24.3 Å². The fourth-order valence-corrected chi connectivity index (χ4v) is 1.69. The molecule has 0 rings (SSSR count). The number of hydrogen-bond donors (Lipinski definition) is 4. The number of rotatable bonds is 8.